The minimum atomic E-state index is -0.0455. The van der Waals surface area contributed by atoms with Crippen molar-refractivity contribution in [1.82, 2.24) is 4.57 Å². The van der Waals surface area contributed by atoms with Gasteiger partial charge in [-0.25, -0.2) is 0 Å². The standard InChI is InChI=1S/C27H25N3O2S/c1-17-14-30(21-9-7-20(8-10-21)29-15-18(2)32-19(3)16-29)27(31)24-6-4-5-23(26(17)24)25-12-11-22(13-28)33-25/h4-12,14,18-19H,15-16H2,1-3H3. The van der Waals surface area contributed by atoms with Crippen LogP contribution < -0.4 is 10.5 Å². The van der Waals surface area contributed by atoms with E-state index in [0.29, 0.717) is 10.3 Å². The number of aryl methyl sites for hydroxylation is 1. The number of morpholine rings is 1. The van der Waals surface area contributed by atoms with Gasteiger partial charge in [0.15, 0.2) is 0 Å². The molecule has 3 heterocycles. The number of ether oxygens (including phenoxy) is 1. The second-order valence-electron chi connectivity index (χ2n) is 8.67. The van der Waals surface area contributed by atoms with E-state index in [4.69, 9.17) is 4.74 Å². The van der Waals surface area contributed by atoms with Gasteiger partial charge in [-0.15, -0.1) is 11.3 Å². The number of pyridine rings is 1. The molecule has 0 saturated carbocycles. The Hall–Kier alpha value is -3.40. The normalized spacial score (nSPS) is 18.4. The Balaban J connectivity index is 1.55. The summed E-state index contributed by atoms with van der Waals surface area (Å²) in [5.74, 6) is 0. The molecule has 2 atom stereocenters. The van der Waals surface area contributed by atoms with Crippen molar-refractivity contribution in [2.45, 2.75) is 33.0 Å². The molecule has 2 unspecified atom stereocenters. The molecule has 1 aliphatic heterocycles. The summed E-state index contributed by atoms with van der Waals surface area (Å²) in [5.41, 5.74) is 3.95. The summed E-state index contributed by atoms with van der Waals surface area (Å²) in [7, 11) is 0. The highest BCUT2D eigenvalue weighted by atomic mass is 32.1. The van der Waals surface area contributed by atoms with Gasteiger partial charge in [-0.1, -0.05) is 12.1 Å². The van der Waals surface area contributed by atoms with Crippen molar-refractivity contribution in [3.05, 3.63) is 81.6 Å². The van der Waals surface area contributed by atoms with Gasteiger partial charge in [-0.2, -0.15) is 5.26 Å². The molecule has 2 aromatic heterocycles. The number of benzene rings is 2. The topological polar surface area (TPSA) is 58.3 Å². The van der Waals surface area contributed by atoms with E-state index < -0.39 is 0 Å². The smallest absolute Gasteiger partial charge is 0.262 e. The summed E-state index contributed by atoms with van der Waals surface area (Å²) in [6.07, 6.45) is 2.31. The maximum Gasteiger partial charge on any atom is 0.262 e. The zero-order valence-electron chi connectivity index (χ0n) is 18.9. The lowest BCUT2D eigenvalue weighted by molar-refractivity contribution is -0.00521. The van der Waals surface area contributed by atoms with Crippen molar-refractivity contribution in [2.75, 3.05) is 18.0 Å². The summed E-state index contributed by atoms with van der Waals surface area (Å²) < 4.78 is 7.57. The van der Waals surface area contributed by atoms with Crippen LogP contribution >= 0.6 is 11.3 Å². The second-order valence-corrected chi connectivity index (χ2v) is 9.75. The van der Waals surface area contributed by atoms with E-state index in [2.05, 4.69) is 36.9 Å². The monoisotopic (exact) mass is 455 g/mol. The fourth-order valence-electron chi connectivity index (χ4n) is 4.75. The molecule has 6 heteroatoms. The number of thiophene rings is 1. The molecule has 0 spiro atoms. The molecule has 2 aromatic carbocycles. The van der Waals surface area contributed by atoms with Gasteiger partial charge in [-0.3, -0.25) is 9.36 Å². The van der Waals surface area contributed by atoms with Gasteiger partial charge in [-0.05, 0) is 68.8 Å². The van der Waals surface area contributed by atoms with Crippen molar-refractivity contribution in [3.63, 3.8) is 0 Å². The van der Waals surface area contributed by atoms with Gasteiger partial charge in [0, 0.05) is 51.9 Å². The molecule has 0 amide bonds. The van der Waals surface area contributed by atoms with Crippen molar-refractivity contribution >= 4 is 27.8 Å². The van der Waals surface area contributed by atoms with E-state index in [-0.39, 0.29) is 17.8 Å². The highest BCUT2D eigenvalue weighted by molar-refractivity contribution is 7.16. The highest BCUT2D eigenvalue weighted by Gasteiger charge is 2.22. The Kier molecular flexibility index (Phi) is 5.53. The second kappa shape index (κ2) is 8.51. The molecule has 1 fully saturated rings. The highest BCUT2D eigenvalue weighted by Crippen LogP contribution is 2.34. The van der Waals surface area contributed by atoms with Crippen LogP contribution in [0, 0.1) is 18.3 Å². The number of nitriles is 1. The molecule has 1 saturated heterocycles. The maximum atomic E-state index is 13.5. The van der Waals surface area contributed by atoms with Crippen molar-refractivity contribution in [1.29, 1.82) is 5.26 Å². The van der Waals surface area contributed by atoms with E-state index in [1.165, 1.54) is 11.3 Å². The number of nitrogens with zero attached hydrogens (tertiary/aromatic N) is 3. The molecule has 0 bridgehead atoms. The van der Waals surface area contributed by atoms with Gasteiger partial charge in [0.1, 0.15) is 10.9 Å². The van der Waals surface area contributed by atoms with Gasteiger partial charge in [0.05, 0.1) is 12.2 Å². The number of hydrogen-bond donors (Lipinski definition) is 0. The van der Waals surface area contributed by atoms with Crippen LogP contribution in [0.5, 0.6) is 0 Å². The lowest BCUT2D eigenvalue weighted by Gasteiger charge is -2.36. The van der Waals surface area contributed by atoms with Crippen LogP contribution in [-0.4, -0.2) is 29.9 Å². The predicted molar refractivity (Wildman–Crippen MR) is 135 cm³/mol. The summed E-state index contributed by atoms with van der Waals surface area (Å²) >= 11 is 1.45. The number of fused-ring (bicyclic) bond motifs is 1. The van der Waals surface area contributed by atoms with Crippen molar-refractivity contribution in [3.8, 4) is 22.2 Å². The first kappa shape index (κ1) is 21.4. The van der Waals surface area contributed by atoms with Gasteiger partial charge in [0.25, 0.3) is 5.56 Å². The van der Waals surface area contributed by atoms with E-state index >= 15 is 0 Å². The minimum Gasteiger partial charge on any atom is -0.372 e. The summed E-state index contributed by atoms with van der Waals surface area (Å²) in [6.45, 7) is 7.95. The molecule has 166 valence electrons. The van der Waals surface area contributed by atoms with Crippen LogP contribution in [0.15, 0.2) is 65.6 Å². The SMILES string of the molecule is Cc1cn(-c2ccc(N3CC(C)OC(C)C3)cc2)c(=O)c2cccc(-c3ccc(C#N)s3)c12. The average Bonchev–Trinajstić information content (AvgIpc) is 3.30. The lowest BCUT2D eigenvalue weighted by atomic mass is 10.0. The van der Waals surface area contributed by atoms with Gasteiger partial charge >= 0.3 is 0 Å². The molecule has 5 nitrogen and oxygen atoms in total. The summed E-state index contributed by atoms with van der Waals surface area (Å²) in [5, 5.41) is 10.8. The largest absolute Gasteiger partial charge is 0.372 e. The number of anilines is 1. The first-order valence-electron chi connectivity index (χ1n) is 11.1. The number of hydrogen-bond acceptors (Lipinski definition) is 5. The van der Waals surface area contributed by atoms with E-state index in [1.807, 2.05) is 55.6 Å². The lowest BCUT2D eigenvalue weighted by Crippen LogP contribution is -2.45. The number of aromatic nitrogens is 1. The first-order valence-corrected chi connectivity index (χ1v) is 11.9. The fourth-order valence-corrected chi connectivity index (χ4v) is 5.59. The van der Waals surface area contributed by atoms with Gasteiger partial charge in [0.2, 0.25) is 0 Å². The van der Waals surface area contributed by atoms with Crippen molar-refractivity contribution < 1.29 is 4.74 Å². The molecule has 0 radical (unpaired) electrons. The molecule has 33 heavy (non-hydrogen) atoms. The molecule has 5 rings (SSSR count). The van der Waals surface area contributed by atoms with E-state index in [9.17, 15) is 10.1 Å². The molecular formula is C27H25N3O2S. The third-order valence-corrected chi connectivity index (χ3v) is 7.15. The van der Waals surface area contributed by atoms with Crippen LogP contribution in [-0.2, 0) is 4.74 Å². The summed E-state index contributed by atoms with van der Waals surface area (Å²) in [6, 6.07) is 20.0. The van der Waals surface area contributed by atoms with Crippen LogP contribution in [0.4, 0.5) is 5.69 Å². The quantitative estimate of drug-likeness (QED) is 0.409. The van der Waals surface area contributed by atoms with Crippen LogP contribution in [0.1, 0.15) is 24.3 Å². The average molecular weight is 456 g/mol. The Morgan fingerprint density at radius 2 is 1.70 bits per heavy atom. The molecule has 4 aromatic rings. The van der Waals surface area contributed by atoms with Gasteiger partial charge < -0.3 is 9.64 Å². The Morgan fingerprint density at radius 1 is 1.00 bits per heavy atom. The first-order chi connectivity index (χ1) is 15.9. The third-order valence-electron chi connectivity index (χ3n) is 6.13. The van der Waals surface area contributed by atoms with Crippen molar-refractivity contribution in [2.24, 2.45) is 0 Å². The zero-order chi connectivity index (χ0) is 23.1. The summed E-state index contributed by atoms with van der Waals surface area (Å²) in [4.78, 5) is 17.5. The fraction of sp³-hybridized carbons (Fsp3) is 0.259. The zero-order valence-corrected chi connectivity index (χ0v) is 19.7. The van der Waals surface area contributed by atoms with Crippen LogP contribution in [0.2, 0.25) is 0 Å². The third kappa shape index (κ3) is 3.95. The molecule has 0 aliphatic carbocycles. The predicted octanol–water partition coefficient (Wildman–Crippen LogP) is 5.51. The maximum absolute atomic E-state index is 13.5. The van der Waals surface area contributed by atoms with E-state index in [1.54, 1.807) is 4.57 Å². The number of rotatable bonds is 3. The molecule has 1 aliphatic rings. The van der Waals surface area contributed by atoms with E-state index in [0.717, 1.165) is 45.9 Å². The minimum absolute atomic E-state index is 0.0455. The molecule has 0 N–H and O–H groups in total. The van der Waals surface area contributed by atoms with Crippen LogP contribution in [0.25, 0.3) is 26.9 Å². The molecular weight excluding hydrogens is 430 g/mol. The Labute approximate surface area is 197 Å². The van der Waals surface area contributed by atoms with Crippen LogP contribution in [0.3, 0.4) is 0 Å². The Bertz CT molecular complexity index is 1420. The Morgan fingerprint density at radius 3 is 2.36 bits per heavy atom.